The fraction of sp³-hybridized carbons (Fsp3) is 0.292. The number of para-hydroxylation sites is 1. The number of amides is 1. The van der Waals surface area contributed by atoms with Crippen molar-refractivity contribution in [2.45, 2.75) is 6.54 Å². The topological polar surface area (TPSA) is 44.8 Å². The summed E-state index contributed by atoms with van der Waals surface area (Å²) in [6.07, 6.45) is 5.35. The third-order valence-electron chi connectivity index (χ3n) is 5.44. The average Bonchev–Trinajstić information content (AvgIpc) is 2.76. The molecule has 2 aliphatic heterocycles. The molecule has 30 heavy (non-hydrogen) atoms. The highest BCUT2D eigenvalue weighted by molar-refractivity contribution is 6.30. The zero-order valence-corrected chi connectivity index (χ0v) is 17.9. The minimum absolute atomic E-state index is 0.124. The van der Waals surface area contributed by atoms with Crippen molar-refractivity contribution in [3.63, 3.8) is 0 Å². The van der Waals surface area contributed by atoms with Crippen molar-refractivity contribution >= 4 is 29.3 Å². The maximum Gasteiger partial charge on any atom is 0.244 e. The standard InChI is InChI=1S/C24H26ClN3O2/c1-27-10-12-28(13-11-27)22-5-3-2-4-19(22)16-26-24(29)9-6-18-14-20-15-21(25)7-8-23(20)30-17-18/h2-9,14-15H,10-13,16-17H2,1H3,(H,26,29)/b9-6+. The van der Waals surface area contributed by atoms with Crippen LogP contribution in [0.1, 0.15) is 11.1 Å². The van der Waals surface area contributed by atoms with E-state index in [9.17, 15) is 4.79 Å². The van der Waals surface area contributed by atoms with Crippen LogP contribution in [0.4, 0.5) is 5.69 Å². The van der Waals surface area contributed by atoms with Gasteiger partial charge in [-0.3, -0.25) is 4.79 Å². The Morgan fingerprint density at radius 3 is 2.80 bits per heavy atom. The van der Waals surface area contributed by atoms with Gasteiger partial charge in [0.15, 0.2) is 0 Å². The first-order valence-electron chi connectivity index (χ1n) is 10.2. The normalized spacial score (nSPS) is 16.7. The number of benzene rings is 2. The van der Waals surface area contributed by atoms with E-state index in [2.05, 4.69) is 40.4 Å². The smallest absolute Gasteiger partial charge is 0.244 e. The lowest BCUT2D eigenvalue weighted by molar-refractivity contribution is -0.116. The number of anilines is 1. The summed E-state index contributed by atoms with van der Waals surface area (Å²) in [5.74, 6) is 0.683. The summed E-state index contributed by atoms with van der Waals surface area (Å²) in [6.45, 7) is 5.04. The maximum atomic E-state index is 12.4. The van der Waals surface area contributed by atoms with E-state index in [-0.39, 0.29) is 5.91 Å². The van der Waals surface area contributed by atoms with Gasteiger partial charge in [-0.2, -0.15) is 0 Å². The van der Waals surface area contributed by atoms with Crippen LogP contribution in [0, 0.1) is 0 Å². The lowest BCUT2D eigenvalue weighted by Crippen LogP contribution is -2.45. The Hall–Kier alpha value is -2.76. The Bertz CT molecular complexity index is 978. The summed E-state index contributed by atoms with van der Waals surface area (Å²) in [5, 5.41) is 3.67. The first-order chi connectivity index (χ1) is 14.6. The van der Waals surface area contributed by atoms with Crippen LogP contribution in [0.3, 0.4) is 0 Å². The van der Waals surface area contributed by atoms with Crippen LogP contribution in [-0.4, -0.2) is 50.6 Å². The summed E-state index contributed by atoms with van der Waals surface area (Å²) < 4.78 is 5.72. The molecule has 5 nitrogen and oxygen atoms in total. The van der Waals surface area contributed by atoms with Crippen molar-refractivity contribution < 1.29 is 9.53 Å². The molecule has 2 aliphatic rings. The number of hydrogen-bond acceptors (Lipinski definition) is 4. The molecule has 1 N–H and O–H groups in total. The molecule has 2 aromatic carbocycles. The molecule has 0 aromatic heterocycles. The van der Waals surface area contributed by atoms with Crippen LogP contribution < -0.4 is 15.0 Å². The summed E-state index contributed by atoms with van der Waals surface area (Å²) in [4.78, 5) is 17.1. The van der Waals surface area contributed by atoms with Crippen LogP contribution in [-0.2, 0) is 11.3 Å². The van der Waals surface area contributed by atoms with Crippen LogP contribution in [0.25, 0.3) is 6.08 Å². The third-order valence-corrected chi connectivity index (χ3v) is 5.68. The highest BCUT2D eigenvalue weighted by atomic mass is 35.5. The van der Waals surface area contributed by atoms with E-state index < -0.39 is 0 Å². The highest BCUT2D eigenvalue weighted by Gasteiger charge is 2.17. The molecule has 2 heterocycles. The van der Waals surface area contributed by atoms with Crippen molar-refractivity contribution in [3.05, 3.63) is 76.3 Å². The molecular formula is C24H26ClN3O2. The van der Waals surface area contributed by atoms with Gasteiger partial charge in [-0.25, -0.2) is 0 Å². The molecule has 0 aliphatic carbocycles. The lowest BCUT2D eigenvalue weighted by atomic mass is 10.1. The Labute approximate surface area is 182 Å². The number of piperazine rings is 1. The van der Waals surface area contributed by atoms with E-state index in [1.54, 1.807) is 12.2 Å². The Kier molecular flexibility index (Phi) is 6.41. The SMILES string of the molecule is CN1CCN(c2ccccc2CNC(=O)/C=C/C2=Cc3cc(Cl)ccc3OC2)CC1. The van der Waals surface area contributed by atoms with E-state index in [4.69, 9.17) is 16.3 Å². The van der Waals surface area contributed by atoms with Gasteiger partial charge in [-0.15, -0.1) is 0 Å². The minimum Gasteiger partial charge on any atom is -0.488 e. The predicted octanol–water partition coefficient (Wildman–Crippen LogP) is 3.74. The van der Waals surface area contributed by atoms with Gasteiger partial charge in [0.05, 0.1) is 0 Å². The zero-order chi connectivity index (χ0) is 20.9. The van der Waals surface area contributed by atoms with Crippen molar-refractivity contribution in [2.75, 3.05) is 44.7 Å². The Balaban J connectivity index is 1.37. The van der Waals surface area contributed by atoms with Gasteiger partial charge in [0.1, 0.15) is 12.4 Å². The molecule has 1 fully saturated rings. The number of fused-ring (bicyclic) bond motifs is 1. The zero-order valence-electron chi connectivity index (χ0n) is 17.1. The third kappa shape index (κ3) is 5.04. The molecule has 156 valence electrons. The quantitative estimate of drug-likeness (QED) is 0.744. The summed E-state index contributed by atoms with van der Waals surface area (Å²) in [5.41, 5.74) is 4.19. The largest absolute Gasteiger partial charge is 0.488 e. The molecule has 0 radical (unpaired) electrons. The fourth-order valence-electron chi connectivity index (χ4n) is 3.70. The molecule has 0 atom stereocenters. The van der Waals surface area contributed by atoms with E-state index in [1.165, 1.54) is 5.69 Å². The number of halogens is 1. The van der Waals surface area contributed by atoms with Gasteiger partial charge < -0.3 is 19.9 Å². The number of carbonyl (C=O) groups is 1. The van der Waals surface area contributed by atoms with Crippen molar-refractivity contribution in [2.24, 2.45) is 0 Å². The van der Waals surface area contributed by atoms with Gasteiger partial charge >= 0.3 is 0 Å². The number of ether oxygens (including phenoxy) is 1. The van der Waals surface area contributed by atoms with Crippen molar-refractivity contribution in [1.29, 1.82) is 0 Å². The molecule has 0 unspecified atom stereocenters. The highest BCUT2D eigenvalue weighted by Crippen LogP contribution is 2.29. The number of nitrogens with zero attached hydrogens (tertiary/aromatic N) is 2. The predicted molar refractivity (Wildman–Crippen MR) is 122 cm³/mol. The lowest BCUT2D eigenvalue weighted by Gasteiger charge is -2.35. The second kappa shape index (κ2) is 9.37. The summed E-state index contributed by atoms with van der Waals surface area (Å²) in [6, 6.07) is 13.8. The van der Waals surface area contributed by atoms with Gasteiger partial charge in [-0.05, 0) is 48.5 Å². The molecule has 0 spiro atoms. The molecule has 1 saturated heterocycles. The number of carbonyl (C=O) groups excluding carboxylic acids is 1. The van der Waals surface area contributed by atoms with E-state index in [1.807, 2.05) is 30.3 Å². The molecule has 0 saturated carbocycles. The van der Waals surface area contributed by atoms with Crippen molar-refractivity contribution in [1.82, 2.24) is 10.2 Å². The maximum absolute atomic E-state index is 12.4. The van der Waals surface area contributed by atoms with E-state index in [0.717, 1.165) is 48.6 Å². The number of nitrogens with one attached hydrogen (secondary N) is 1. The number of hydrogen-bond donors (Lipinski definition) is 1. The summed E-state index contributed by atoms with van der Waals surface area (Å²) >= 11 is 6.05. The number of rotatable bonds is 5. The second-order valence-corrected chi connectivity index (χ2v) is 8.10. The monoisotopic (exact) mass is 423 g/mol. The fourth-order valence-corrected chi connectivity index (χ4v) is 3.88. The minimum atomic E-state index is -0.124. The molecule has 1 amide bonds. The Morgan fingerprint density at radius 2 is 1.97 bits per heavy atom. The first-order valence-corrected chi connectivity index (χ1v) is 10.6. The van der Waals surface area contributed by atoms with Gasteiger partial charge in [0.2, 0.25) is 5.91 Å². The molecule has 4 rings (SSSR count). The molecule has 2 aromatic rings. The van der Waals surface area contributed by atoms with Gasteiger partial charge in [0, 0.05) is 55.1 Å². The average molecular weight is 424 g/mol. The number of likely N-dealkylation sites (N-methyl/N-ethyl adjacent to an activating group) is 1. The summed E-state index contributed by atoms with van der Waals surface area (Å²) in [7, 11) is 2.15. The first kappa shape index (κ1) is 20.5. The molecule has 6 heteroatoms. The Morgan fingerprint density at radius 1 is 1.17 bits per heavy atom. The second-order valence-electron chi connectivity index (χ2n) is 7.66. The van der Waals surface area contributed by atoms with Gasteiger partial charge in [0.25, 0.3) is 0 Å². The molecular weight excluding hydrogens is 398 g/mol. The van der Waals surface area contributed by atoms with E-state index >= 15 is 0 Å². The van der Waals surface area contributed by atoms with Crippen LogP contribution in [0.15, 0.2) is 60.2 Å². The van der Waals surface area contributed by atoms with Crippen LogP contribution in [0.5, 0.6) is 5.75 Å². The molecule has 0 bridgehead atoms. The van der Waals surface area contributed by atoms with Crippen LogP contribution in [0.2, 0.25) is 5.02 Å². The van der Waals surface area contributed by atoms with Gasteiger partial charge in [-0.1, -0.05) is 35.9 Å². The van der Waals surface area contributed by atoms with Crippen LogP contribution >= 0.6 is 11.6 Å². The van der Waals surface area contributed by atoms with Crippen molar-refractivity contribution in [3.8, 4) is 5.75 Å². The van der Waals surface area contributed by atoms with E-state index in [0.29, 0.717) is 18.2 Å².